The van der Waals surface area contributed by atoms with E-state index in [4.69, 9.17) is 0 Å². The Labute approximate surface area is 200 Å². The van der Waals surface area contributed by atoms with Crippen molar-refractivity contribution >= 4 is 44.1 Å². The summed E-state index contributed by atoms with van der Waals surface area (Å²) in [4.78, 5) is 32.7. The zero-order valence-electron chi connectivity index (χ0n) is 19.5. The average Bonchev–Trinajstić information content (AvgIpc) is 3.32. The predicted octanol–water partition coefficient (Wildman–Crippen LogP) is 5.52. The number of thiophene rings is 1. The van der Waals surface area contributed by atoms with Crippen LogP contribution in [-0.4, -0.2) is 25.1 Å². The summed E-state index contributed by atoms with van der Waals surface area (Å²) in [6.45, 7) is 6.49. The first-order chi connectivity index (χ1) is 16.4. The van der Waals surface area contributed by atoms with Crippen molar-refractivity contribution in [3.8, 4) is 5.88 Å². The van der Waals surface area contributed by atoms with Gasteiger partial charge in [-0.15, -0.1) is 21.6 Å². The molecular weight excluding hydrogens is 450 g/mol. The van der Waals surface area contributed by atoms with Crippen molar-refractivity contribution in [2.24, 2.45) is 16.1 Å². The largest absolute Gasteiger partial charge is 0.493 e. The number of rotatable bonds is 5. The Kier molecular flexibility index (Phi) is 5.81. The number of carbonyl (C=O) groups excluding carboxylic acids is 1. The Bertz CT molecular complexity index is 1500. The fourth-order valence-electron chi connectivity index (χ4n) is 4.74. The van der Waals surface area contributed by atoms with Crippen molar-refractivity contribution in [3.05, 3.63) is 51.4 Å². The predicted molar refractivity (Wildman–Crippen MR) is 133 cm³/mol. The topological polar surface area (TPSA) is 102 Å². The van der Waals surface area contributed by atoms with Crippen LogP contribution in [0.15, 0.2) is 45.6 Å². The van der Waals surface area contributed by atoms with Crippen molar-refractivity contribution in [1.82, 2.24) is 14.1 Å². The molecule has 0 saturated heterocycles. The van der Waals surface area contributed by atoms with Crippen molar-refractivity contribution < 1.29 is 9.90 Å². The molecule has 176 valence electrons. The first-order valence-corrected chi connectivity index (χ1v) is 12.5. The summed E-state index contributed by atoms with van der Waals surface area (Å²) in [5.74, 6) is 0.00252. The average molecular weight is 478 g/mol. The minimum atomic E-state index is -0.864. The van der Waals surface area contributed by atoms with E-state index in [2.05, 4.69) is 22.1 Å². The molecule has 3 heterocycles. The van der Waals surface area contributed by atoms with Crippen LogP contribution in [0.4, 0.5) is 5.69 Å². The van der Waals surface area contributed by atoms with Gasteiger partial charge in [-0.2, -0.15) is 0 Å². The van der Waals surface area contributed by atoms with Crippen LogP contribution in [0.3, 0.4) is 0 Å². The zero-order chi connectivity index (χ0) is 24.0. The molecule has 2 atom stereocenters. The first kappa shape index (κ1) is 22.5. The Hall–Kier alpha value is -3.33. The molecule has 8 nitrogen and oxygen atoms in total. The molecule has 4 aromatic rings. The summed E-state index contributed by atoms with van der Waals surface area (Å²) in [7, 11) is 0. The maximum absolute atomic E-state index is 13.3. The molecule has 1 N–H and O–H groups in total. The summed E-state index contributed by atoms with van der Waals surface area (Å²) in [6, 6.07) is 6.62. The number of nitrogens with zero attached hydrogens (tertiary/aromatic N) is 5. The molecule has 0 spiro atoms. The van der Waals surface area contributed by atoms with Crippen molar-refractivity contribution in [2.75, 3.05) is 0 Å². The van der Waals surface area contributed by atoms with Gasteiger partial charge in [-0.05, 0) is 50.2 Å². The number of aromatic hydroxyl groups is 1. The normalized spacial score (nSPS) is 17.0. The van der Waals surface area contributed by atoms with Crippen LogP contribution >= 0.6 is 11.3 Å². The third-order valence-electron chi connectivity index (χ3n) is 6.63. The minimum Gasteiger partial charge on any atom is -0.493 e. The van der Waals surface area contributed by atoms with E-state index in [1.54, 1.807) is 22.8 Å². The molecule has 1 aliphatic carbocycles. The first-order valence-electron chi connectivity index (χ1n) is 11.7. The van der Waals surface area contributed by atoms with Crippen LogP contribution in [-0.2, 0) is 24.2 Å². The van der Waals surface area contributed by atoms with E-state index in [0.29, 0.717) is 17.8 Å². The highest BCUT2D eigenvalue weighted by Crippen LogP contribution is 2.39. The molecule has 34 heavy (non-hydrogen) atoms. The van der Waals surface area contributed by atoms with Gasteiger partial charge in [0.1, 0.15) is 10.9 Å². The van der Waals surface area contributed by atoms with Gasteiger partial charge in [0.25, 0.3) is 11.5 Å². The smallest absolute Gasteiger partial charge is 0.287 e. The van der Waals surface area contributed by atoms with Gasteiger partial charge in [-0.1, -0.05) is 32.0 Å². The lowest BCUT2D eigenvalue weighted by Crippen LogP contribution is -2.28. The van der Waals surface area contributed by atoms with E-state index in [1.807, 2.05) is 31.2 Å². The Balaban J connectivity index is 1.48. The standard InChI is InChI=1S/C25H27N5O3S/c1-4-11-29-18-8-6-5-7-16(18)21(25(29)33)27-28-22(31)15(3)30-13-26-23-20(24(30)32)17-10-9-14(2)12-19(17)34-23/h5-8,13-15,33H,4,9-12H2,1-3H3/t14-,15+/m0/s1. The molecule has 1 amide bonds. The summed E-state index contributed by atoms with van der Waals surface area (Å²) < 4.78 is 3.11. The molecule has 0 bridgehead atoms. The molecule has 0 radical (unpaired) electrons. The monoisotopic (exact) mass is 477 g/mol. The quantitative estimate of drug-likeness (QED) is 0.382. The van der Waals surface area contributed by atoms with Gasteiger partial charge in [0.15, 0.2) is 5.69 Å². The molecule has 9 heteroatoms. The van der Waals surface area contributed by atoms with E-state index in [1.165, 1.54) is 15.8 Å². The molecule has 0 aliphatic heterocycles. The molecule has 0 saturated carbocycles. The lowest BCUT2D eigenvalue weighted by atomic mass is 9.89. The van der Waals surface area contributed by atoms with Crippen molar-refractivity contribution in [1.29, 1.82) is 0 Å². The van der Waals surface area contributed by atoms with Crippen LogP contribution in [0, 0.1) is 5.92 Å². The van der Waals surface area contributed by atoms with Gasteiger partial charge in [0.05, 0.1) is 17.2 Å². The molecule has 1 aliphatic rings. The lowest BCUT2D eigenvalue weighted by Gasteiger charge is -2.17. The third-order valence-corrected chi connectivity index (χ3v) is 7.79. The SMILES string of the molecule is CCCn1c(O)c(N=NC(=O)[C@@H](C)n2cnc3sc4c(c3c2=O)CC[C@H](C)C4)c2ccccc21. The second-order valence-corrected chi connectivity index (χ2v) is 10.1. The number of azo groups is 1. The van der Waals surface area contributed by atoms with E-state index in [9.17, 15) is 14.7 Å². The third kappa shape index (κ3) is 3.64. The number of benzene rings is 1. The highest BCUT2D eigenvalue weighted by molar-refractivity contribution is 7.18. The molecule has 0 fully saturated rings. The Morgan fingerprint density at radius 2 is 2.15 bits per heavy atom. The second-order valence-electron chi connectivity index (χ2n) is 9.04. The molecule has 1 aromatic carbocycles. The number of carbonyl (C=O) groups is 1. The summed E-state index contributed by atoms with van der Waals surface area (Å²) in [5, 5.41) is 20.1. The van der Waals surface area contributed by atoms with Crippen LogP contribution in [0.2, 0.25) is 0 Å². The summed E-state index contributed by atoms with van der Waals surface area (Å²) in [6.07, 6.45) is 5.14. The van der Waals surface area contributed by atoms with E-state index in [-0.39, 0.29) is 17.1 Å². The summed E-state index contributed by atoms with van der Waals surface area (Å²) >= 11 is 1.58. The minimum absolute atomic E-state index is 0.0216. The van der Waals surface area contributed by atoms with Crippen LogP contribution in [0.25, 0.3) is 21.1 Å². The number of para-hydroxylation sites is 1. The fraction of sp³-hybridized carbons (Fsp3) is 0.400. The highest BCUT2D eigenvalue weighted by atomic mass is 32.1. The Morgan fingerprint density at radius 3 is 2.94 bits per heavy atom. The molecule has 5 rings (SSSR count). The molecular formula is C25H27N5O3S. The molecule has 3 aromatic heterocycles. The number of hydrogen-bond acceptors (Lipinski definition) is 6. The fourth-order valence-corrected chi connectivity index (χ4v) is 6.08. The van der Waals surface area contributed by atoms with E-state index >= 15 is 0 Å². The van der Waals surface area contributed by atoms with Gasteiger partial charge in [0, 0.05) is 16.8 Å². The zero-order valence-corrected chi connectivity index (χ0v) is 20.3. The van der Waals surface area contributed by atoms with Crippen LogP contribution in [0.1, 0.15) is 50.1 Å². The Morgan fingerprint density at radius 1 is 1.35 bits per heavy atom. The van der Waals surface area contributed by atoms with Gasteiger partial charge in [-0.3, -0.25) is 14.2 Å². The van der Waals surface area contributed by atoms with Gasteiger partial charge >= 0.3 is 0 Å². The maximum atomic E-state index is 13.3. The number of hydrogen-bond donors (Lipinski definition) is 1. The number of aromatic nitrogens is 3. The van der Waals surface area contributed by atoms with E-state index < -0.39 is 11.9 Å². The molecule has 0 unspecified atom stereocenters. The number of aryl methyl sites for hydroxylation is 2. The summed E-state index contributed by atoms with van der Waals surface area (Å²) in [5.41, 5.74) is 1.96. The van der Waals surface area contributed by atoms with Gasteiger partial charge < -0.3 is 9.67 Å². The van der Waals surface area contributed by atoms with Gasteiger partial charge in [-0.25, -0.2) is 4.98 Å². The lowest BCUT2D eigenvalue weighted by molar-refractivity contribution is -0.121. The number of fused-ring (bicyclic) bond motifs is 4. The van der Waals surface area contributed by atoms with Crippen LogP contribution in [0.5, 0.6) is 5.88 Å². The highest BCUT2D eigenvalue weighted by Gasteiger charge is 2.25. The number of amides is 1. The van der Waals surface area contributed by atoms with Crippen molar-refractivity contribution in [3.63, 3.8) is 0 Å². The van der Waals surface area contributed by atoms with E-state index in [0.717, 1.165) is 47.0 Å². The maximum Gasteiger partial charge on any atom is 0.287 e. The van der Waals surface area contributed by atoms with Gasteiger partial charge in [0.2, 0.25) is 5.88 Å². The second kappa shape index (κ2) is 8.79. The van der Waals surface area contributed by atoms with Crippen LogP contribution < -0.4 is 5.56 Å². The van der Waals surface area contributed by atoms with Crippen molar-refractivity contribution in [2.45, 2.75) is 59.0 Å².